The third-order valence-corrected chi connectivity index (χ3v) is 3.09. The minimum Gasteiger partial charge on any atom is -0.325 e. The van der Waals surface area contributed by atoms with Crippen molar-refractivity contribution >= 4 is 5.52 Å². The molecule has 3 aromatic rings. The Hall–Kier alpha value is -2.13. The van der Waals surface area contributed by atoms with Crippen LogP contribution in [0.5, 0.6) is 0 Å². The Morgan fingerprint density at radius 3 is 2.61 bits per heavy atom. The van der Waals surface area contributed by atoms with E-state index in [9.17, 15) is 0 Å². The predicted molar refractivity (Wildman–Crippen MR) is 73.3 cm³/mol. The Morgan fingerprint density at radius 1 is 1.11 bits per heavy atom. The molecule has 0 bridgehead atoms. The van der Waals surface area contributed by atoms with Crippen LogP contribution in [0, 0.1) is 6.92 Å². The summed E-state index contributed by atoms with van der Waals surface area (Å²) in [4.78, 5) is 4.66. The van der Waals surface area contributed by atoms with Crippen molar-refractivity contribution in [2.45, 2.75) is 13.5 Å². The summed E-state index contributed by atoms with van der Waals surface area (Å²) in [5.74, 6) is 0.953. The second-order valence-corrected chi connectivity index (χ2v) is 4.41. The van der Waals surface area contributed by atoms with Gasteiger partial charge in [0.1, 0.15) is 5.82 Å². The largest absolute Gasteiger partial charge is 0.325 e. The van der Waals surface area contributed by atoms with Gasteiger partial charge >= 0.3 is 0 Å². The molecule has 0 fully saturated rings. The SMILES string of the molecule is Cc1ccc2c(CN)nc(-c3ccccc3)n2c1. The molecule has 0 saturated heterocycles. The van der Waals surface area contributed by atoms with E-state index in [2.05, 4.69) is 46.8 Å². The molecule has 3 nitrogen and oxygen atoms in total. The first-order valence-electron chi connectivity index (χ1n) is 6.02. The van der Waals surface area contributed by atoms with Crippen molar-refractivity contribution in [3.05, 3.63) is 59.9 Å². The summed E-state index contributed by atoms with van der Waals surface area (Å²) < 4.78 is 2.12. The van der Waals surface area contributed by atoms with E-state index in [4.69, 9.17) is 5.73 Å². The number of nitrogens with zero attached hydrogens (tertiary/aromatic N) is 2. The van der Waals surface area contributed by atoms with Gasteiger partial charge in [0.2, 0.25) is 0 Å². The highest BCUT2D eigenvalue weighted by Crippen LogP contribution is 2.22. The van der Waals surface area contributed by atoms with Crippen LogP contribution >= 0.6 is 0 Å². The molecule has 0 unspecified atom stereocenters. The highest BCUT2D eigenvalue weighted by molar-refractivity contribution is 5.65. The van der Waals surface area contributed by atoms with Gasteiger partial charge in [-0.2, -0.15) is 0 Å². The number of hydrogen-bond donors (Lipinski definition) is 1. The Morgan fingerprint density at radius 2 is 1.89 bits per heavy atom. The van der Waals surface area contributed by atoms with Crippen LogP contribution in [-0.2, 0) is 6.54 Å². The van der Waals surface area contributed by atoms with Gasteiger partial charge in [-0.1, -0.05) is 36.4 Å². The summed E-state index contributed by atoms with van der Waals surface area (Å²) in [6, 6.07) is 14.4. The van der Waals surface area contributed by atoms with Crippen LogP contribution in [0.3, 0.4) is 0 Å². The normalized spacial score (nSPS) is 11.0. The van der Waals surface area contributed by atoms with Crippen LogP contribution in [0.2, 0.25) is 0 Å². The molecule has 18 heavy (non-hydrogen) atoms. The maximum absolute atomic E-state index is 5.77. The average Bonchev–Trinajstić information content (AvgIpc) is 2.77. The van der Waals surface area contributed by atoms with E-state index in [1.807, 2.05) is 18.2 Å². The second-order valence-electron chi connectivity index (χ2n) is 4.41. The zero-order valence-corrected chi connectivity index (χ0v) is 10.3. The van der Waals surface area contributed by atoms with E-state index in [0.717, 1.165) is 22.6 Å². The minimum atomic E-state index is 0.458. The molecule has 0 aliphatic heterocycles. The summed E-state index contributed by atoms with van der Waals surface area (Å²) in [5, 5.41) is 0. The maximum Gasteiger partial charge on any atom is 0.144 e. The first-order valence-corrected chi connectivity index (χ1v) is 6.02. The highest BCUT2D eigenvalue weighted by atomic mass is 15.0. The number of pyridine rings is 1. The molecule has 0 aliphatic carbocycles. The maximum atomic E-state index is 5.77. The Bertz CT molecular complexity index is 684. The van der Waals surface area contributed by atoms with Crippen molar-refractivity contribution in [1.82, 2.24) is 9.38 Å². The molecule has 90 valence electrons. The number of nitrogens with two attached hydrogens (primary N) is 1. The fraction of sp³-hybridized carbons (Fsp3) is 0.133. The average molecular weight is 237 g/mol. The minimum absolute atomic E-state index is 0.458. The van der Waals surface area contributed by atoms with Gasteiger partial charge in [-0.05, 0) is 18.6 Å². The molecule has 2 heterocycles. The number of rotatable bonds is 2. The number of hydrogen-bond acceptors (Lipinski definition) is 2. The van der Waals surface area contributed by atoms with Crippen molar-refractivity contribution < 1.29 is 0 Å². The smallest absolute Gasteiger partial charge is 0.144 e. The lowest BCUT2D eigenvalue weighted by molar-refractivity contribution is 1.02. The summed E-state index contributed by atoms with van der Waals surface area (Å²) in [7, 11) is 0. The zero-order chi connectivity index (χ0) is 12.5. The van der Waals surface area contributed by atoms with Crippen LogP contribution in [0.25, 0.3) is 16.9 Å². The first kappa shape index (κ1) is 11.0. The molecular formula is C15H15N3. The lowest BCUT2D eigenvalue weighted by Gasteiger charge is -2.02. The second kappa shape index (κ2) is 4.27. The van der Waals surface area contributed by atoms with Crippen LogP contribution in [-0.4, -0.2) is 9.38 Å². The molecule has 0 spiro atoms. The molecule has 2 aromatic heterocycles. The Kier molecular flexibility index (Phi) is 2.61. The van der Waals surface area contributed by atoms with Gasteiger partial charge in [0, 0.05) is 18.3 Å². The summed E-state index contributed by atoms with van der Waals surface area (Å²) >= 11 is 0. The van der Waals surface area contributed by atoms with Crippen molar-refractivity contribution in [2.24, 2.45) is 5.73 Å². The van der Waals surface area contributed by atoms with Gasteiger partial charge < -0.3 is 5.73 Å². The number of aromatic nitrogens is 2. The van der Waals surface area contributed by atoms with Crippen LogP contribution in [0.4, 0.5) is 0 Å². The number of fused-ring (bicyclic) bond motifs is 1. The lowest BCUT2D eigenvalue weighted by atomic mass is 10.2. The molecule has 3 heteroatoms. The topological polar surface area (TPSA) is 43.3 Å². The van der Waals surface area contributed by atoms with E-state index in [-0.39, 0.29) is 0 Å². The van der Waals surface area contributed by atoms with Crippen molar-refractivity contribution in [3.8, 4) is 11.4 Å². The quantitative estimate of drug-likeness (QED) is 0.744. The fourth-order valence-electron chi connectivity index (χ4n) is 2.20. The number of imidazole rings is 1. The van der Waals surface area contributed by atoms with E-state index < -0.39 is 0 Å². The summed E-state index contributed by atoms with van der Waals surface area (Å²) in [6.07, 6.45) is 2.10. The molecule has 0 saturated carbocycles. The number of aryl methyl sites for hydroxylation is 1. The third-order valence-electron chi connectivity index (χ3n) is 3.09. The van der Waals surface area contributed by atoms with Crippen molar-refractivity contribution in [2.75, 3.05) is 0 Å². The van der Waals surface area contributed by atoms with Crippen molar-refractivity contribution in [1.29, 1.82) is 0 Å². The van der Waals surface area contributed by atoms with E-state index >= 15 is 0 Å². The van der Waals surface area contributed by atoms with Crippen LogP contribution < -0.4 is 5.73 Å². The summed E-state index contributed by atoms with van der Waals surface area (Å²) in [5.41, 5.74) is 10.1. The third kappa shape index (κ3) is 1.69. The zero-order valence-electron chi connectivity index (χ0n) is 10.3. The van der Waals surface area contributed by atoms with Gasteiger partial charge in [0.15, 0.2) is 0 Å². The molecule has 2 N–H and O–H groups in total. The molecule has 3 rings (SSSR count). The van der Waals surface area contributed by atoms with E-state index in [1.165, 1.54) is 5.56 Å². The fourth-order valence-corrected chi connectivity index (χ4v) is 2.20. The van der Waals surface area contributed by atoms with Gasteiger partial charge in [-0.3, -0.25) is 4.40 Å². The van der Waals surface area contributed by atoms with Gasteiger partial charge in [-0.15, -0.1) is 0 Å². The molecule has 0 amide bonds. The summed E-state index contributed by atoms with van der Waals surface area (Å²) in [6.45, 7) is 2.54. The van der Waals surface area contributed by atoms with Gasteiger partial charge in [0.05, 0.1) is 11.2 Å². The van der Waals surface area contributed by atoms with E-state index in [1.54, 1.807) is 0 Å². The Balaban J connectivity index is 2.32. The lowest BCUT2D eigenvalue weighted by Crippen LogP contribution is -1.97. The molecule has 1 aromatic carbocycles. The first-order chi connectivity index (χ1) is 8.79. The van der Waals surface area contributed by atoms with Crippen molar-refractivity contribution in [3.63, 3.8) is 0 Å². The standard InChI is InChI=1S/C15H15N3/c1-11-7-8-14-13(9-16)17-15(18(14)10-11)12-5-3-2-4-6-12/h2-8,10H,9,16H2,1H3. The Labute approximate surface area is 106 Å². The molecular weight excluding hydrogens is 222 g/mol. The molecule has 0 atom stereocenters. The monoisotopic (exact) mass is 237 g/mol. The van der Waals surface area contributed by atoms with Crippen LogP contribution in [0.1, 0.15) is 11.3 Å². The van der Waals surface area contributed by atoms with E-state index in [0.29, 0.717) is 6.54 Å². The predicted octanol–water partition coefficient (Wildman–Crippen LogP) is 2.77. The molecule has 0 aliphatic rings. The van der Waals surface area contributed by atoms with Gasteiger partial charge in [0.25, 0.3) is 0 Å². The molecule has 0 radical (unpaired) electrons. The number of benzene rings is 1. The van der Waals surface area contributed by atoms with Crippen LogP contribution in [0.15, 0.2) is 48.7 Å². The highest BCUT2D eigenvalue weighted by Gasteiger charge is 2.11. The van der Waals surface area contributed by atoms with Gasteiger partial charge in [-0.25, -0.2) is 4.98 Å².